The van der Waals surface area contributed by atoms with E-state index in [1.807, 2.05) is 19.9 Å². The van der Waals surface area contributed by atoms with Crippen LogP contribution < -0.4 is 9.62 Å². The molecule has 0 aliphatic heterocycles. The third-order valence-electron chi connectivity index (χ3n) is 5.89. The van der Waals surface area contributed by atoms with Gasteiger partial charge in [-0.25, -0.2) is 8.42 Å². The van der Waals surface area contributed by atoms with E-state index < -0.39 is 28.5 Å². The first kappa shape index (κ1) is 27.2. The van der Waals surface area contributed by atoms with Crippen molar-refractivity contribution >= 4 is 39.1 Å². The van der Waals surface area contributed by atoms with E-state index in [1.54, 1.807) is 61.5 Å². The summed E-state index contributed by atoms with van der Waals surface area (Å²) in [5, 5.41) is 3.00. The number of carbonyl (C=O) groups excluding carboxylic acids is 2. The van der Waals surface area contributed by atoms with Gasteiger partial charge in [-0.15, -0.1) is 0 Å². The van der Waals surface area contributed by atoms with Crippen LogP contribution in [0.2, 0.25) is 5.02 Å². The second kappa shape index (κ2) is 11.6. The molecule has 0 fully saturated rings. The summed E-state index contributed by atoms with van der Waals surface area (Å²) in [6.45, 7) is 4.86. The van der Waals surface area contributed by atoms with E-state index >= 15 is 0 Å². The maximum atomic E-state index is 13.7. The third-order valence-corrected chi connectivity index (χ3v) is 8.05. The number of nitrogens with one attached hydrogen (secondary N) is 1. The third kappa shape index (κ3) is 6.25. The van der Waals surface area contributed by atoms with Crippen molar-refractivity contribution in [3.63, 3.8) is 0 Å². The largest absolute Gasteiger partial charge is 0.357 e. The number of hydrogen-bond donors (Lipinski definition) is 1. The Morgan fingerprint density at radius 1 is 0.944 bits per heavy atom. The van der Waals surface area contributed by atoms with Gasteiger partial charge in [-0.05, 0) is 62.2 Å². The van der Waals surface area contributed by atoms with Gasteiger partial charge in [-0.3, -0.25) is 13.9 Å². The molecule has 36 heavy (non-hydrogen) atoms. The van der Waals surface area contributed by atoms with Crippen molar-refractivity contribution in [2.24, 2.45) is 0 Å². The minimum Gasteiger partial charge on any atom is -0.357 e. The smallest absolute Gasteiger partial charge is 0.264 e. The molecular weight excluding hydrogens is 498 g/mol. The lowest BCUT2D eigenvalue weighted by molar-refractivity contribution is -0.139. The van der Waals surface area contributed by atoms with Crippen LogP contribution in [-0.2, 0) is 26.2 Å². The van der Waals surface area contributed by atoms with Crippen LogP contribution in [-0.4, -0.2) is 44.8 Å². The first-order chi connectivity index (χ1) is 17.0. The van der Waals surface area contributed by atoms with Crippen molar-refractivity contribution in [2.45, 2.75) is 38.3 Å². The normalized spacial score (nSPS) is 12.0. The molecule has 1 atom stereocenters. The molecule has 9 heteroatoms. The molecule has 3 aromatic carbocycles. The lowest BCUT2D eigenvalue weighted by atomic mass is 10.1. The number of nitrogens with zero attached hydrogens (tertiary/aromatic N) is 2. The maximum Gasteiger partial charge on any atom is 0.264 e. The number of rotatable bonds is 9. The van der Waals surface area contributed by atoms with Gasteiger partial charge in [0, 0.05) is 18.6 Å². The number of amides is 2. The summed E-state index contributed by atoms with van der Waals surface area (Å²) in [6, 6.07) is 19.6. The van der Waals surface area contributed by atoms with Gasteiger partial charge in [0.15, 0.2) is 0 Å². The van der Waals surface area contributed by atoms with Gasteiger partial charge in [0.1, 0.15) is 12.6 Å². The van der Waals surface area contributed by atoms with Gasteiger partial charge in [-0.1, -0.05) is 59.6 Å². The zero-order valence-corrected chi connectivity index (χ0v) is 22.3. The predicted molar refractivity (Wildman–Crippen MR) is 142 cm³/mol. The number of anilines is 1. The molecule has 0 aliphatic rings. The van der Waals surface area contributed by atoms with Gasteiger partial charge in [0.05, 0.1) is 10.6 Å². The van der Waals surface area contributed by atoms with Crippen molar-refractivity contribution in [3.05, 3.63) is 94.5 Å². The van der Waals surface area contributed by atoms with E-state index in [4.69, 9.17) is 11.6 Å². The number of carbonyl (C=O) groups is 2. The molecule has 1 N–H and O–H groups in total. The summed E-state index contributed by atoms with van der Waals surface area (Å²) in [4.78, 5) is 27.6. The average Bonchev–Trinajstić information content (AvgIpc) is 2.85. The van der Waals surface area contributed by atoms with Crippen molar-refractivity contribution in [1.82, 2.24) is 10.2 Å². The molecule has 0 spiro atoms. The molecule has 7 nitrogen and oxygen atoms in total. The topological polar surface area (TPSA) is 86.8 Å². The molecular formula is C27H30ClN3O4S. The maximum absolute atomic E-state index is 13.7. The van der Waals surface area contributed by atoms with E-state index in [-0.39, 0.29) is 17.3 Å². The van der Waals surface area contributed by atoms with Gasteiger partial charge in [0.25, 0.3) is 10.0 Å². The van der Waals surface area contributed by atoms with E-state index in [2.05, 4.69) is 5.32 Å². The second-order valence-corrected chi connectivity index (χ2v) is 10.8. The van der Waals surface area contributed by atoms with Crippen LogP contribution in [0, 0.1) is 13.8 Å². The Kier molecular flexibility index (Phi) is 8.76. The lowest BCUT2D eigenvalue weighted by Gasteiger charge is -2.32. The minimum absolute atomic E-state index is 0.0410. The van der Waals surface area contributed by atoms with Crippen LogP contribution in [0.4, 0.5) is 5.69 Å². The van der Waals surface area contributed by atoms with E-state index in [9.17, 15) is 18.0 Å². The number of benzene rings is 3. The molecule has 0 heterocycles. The fraction of sp³-hybridized carbons (Fsp3) is 0.259. The second-order valence-electron chi connectivity index (χ2n) is 8.57. The summed E-state index contributed by atoms with van der Waals surface area (Å²) in [6.07, 6.45) is 0. The fourth-order valence-electron chi connectivity index (χ4n) is 3.75. The molecule has 0 saturated heterocycles. The van der Waals surface area contributed by atoms with Crippen molar-refractivity contribution in [2.75, 3.05) is 17.9 Å². The zero-order chi connectivity index (χ0) is 26.5. The number of aryl methyl sites for hydroxylation is 2. The Labute approximate surface area is 217 Å². The summed E-state index contributed by atoms with van der Waals surface area (Å²) in [5.41, 5.74) is 2.76. The molecule has 0 saturated carbocycles. The highest BCUT2D eigenvalue weighted by molar-refractivity contribution is 7.92. The van der Waals surface area contributed by atoms with Crippen LogP contribution in [0.25, 0.3) is 0 Å². The molecule has 0 bridgehead atoms. The van der Waals surface area contributed by atoms with Gasteiger partial charge in [-0.2, -0.15) is 0 Å². The first-order valence-electron chi connectivity index (χ1n) is 11.4. The number of likely N-dealkylation sites (N-methyl/N-ethyl adjacent to an activating group) is 1. The van der Waals surface area contributed by atoms with E-state index in [0.29, 0.717) is 16.3 Å². The van der Waals surface area contributed by atoms with E-state index in [0.717, 1.165) is 15.4 Å². The number of sulfonamides is 1. The Bertz CT molecular complexity index is 1340. The van der Waals surface area contributed by atoms with Crippen molar-refractivity contribution < 1.29 is 18.0 Å². The molecule has 3 aromatic rings. The van der Waals surface area contributed by atoms with Gasteiger partial charge in [0.2, 0.25) is 11.8 Å². The Morgan fingerprint density at radius 3 is 2.22 bits per heavy atom. The highest BCUT2D eigenvalue weighted by Crippen LogP contribution is 2.26. The molecule has 0 aromatic heterocycles. The zero-order valence-electron chi connectivity index (χ0n) is 20.7. The Hall–Kier alpha value is -3.36. The molecule has 190 valence electrons. The first-order valence-corrected chi connectivity index (χ1v) is 13.3. The fourth-order valence-corrected chi connectivity index (χ4v) is 5.35. The molecule has 3 rings (SSSR count). The summed E-state index contributed by atoms with van der Waals surface area (Å²) in [7, 11) is -2.61. The van der Waals surface area contributed by atoms with Crippen LogP contribution in [0.3, 0.4) is 0 Å². The summed E-state index contributed by atoms with van der Waals surface area (Å²) < 4.78 is 28.6. The predicted octanol–water partition coefficient (Wildman–Crippen LogP) is 4.32. The number of hydrogen-bond acceptors (Lipinski definition) is 4. The quantitative estimate of drug-likeness (QED) is 0.449. The summed E-state index contributed by atoms with van der Waals surface area (Å²) >= 11 is 6.33. The van der Waals surface area contributed by atoms with E-state index in [1.165, 1.54) is 24.1 Å². The Balaban J connectivity index is 2.05. The number of halogens is 1. The van der Waals surface area contributed by atoms with Crippen molar-refractivity contribution in [1.29, 1.82) is 0 Å². The van der Waals surface area contributed by atoms with Crippen LogP contribution >= 0.6 is 11.6 Å². The average molecular weight is 528 g/mol. The highest BCUT2D eigenvalue weighted by Gasteiger charge is 2.32. The molecule has 2 amide bonds. The van der Waals surface area contributed by atoms with Gasteiger partial charge >= 0.3 is 0 Å². The SMILES string of the molecule is CNC(=O)[C@H](C)N(Cc1ccccc1Cl)C(=O)CN(c1cccc(C)c1)S(=O)(=O)c1ccc(C)cc1. The molecule has 0 aliphatic carbocycles. The van der Waals surface area contributed by atoms with Crippen molar-refractivity contribution in [3.8, 4) is 0 Å². The van der Waals surface area contributed by atoms with Crippen LogP contribution in [0.5, 0.6) is 0 Å². The Morgan fingerprint density at radius 2 is 1.61 bits per heavy atom. The van der Waals surface area contributed by atoms with Crippen LogP contribution in [0.1, 0.15) is 23.6 Å². The van der Waals surface area contributed by atoms with Gasteiger partial charge < -0.3 is 10.2 Å². The highest BCUT2D eigenvalue weighted by atomic mass is 35.5. The monoisotopic (exact) mass is 527 g/mol. The minimum atomic E-state index is -4.09. The van der Waals surface area contributed by atoms with Crippen LogP contribution in [0.15, 0.2) is 77.7 Å². The standard InChI is InChI=1S/C27H30ClN3O4S/c1-19-12-14-24(15-13-19)36(34,35)31(23-10-7-8-20(2)16-23)18-26(32)30(21(3)27(33)29-4)17-22-9-5-6-11-25(22)28/h5-16,21H,17-18H2,1-4H3,(H,29,33)/t21-/m0/s1. The molecule has 0 unspecified atom stereocenters. The molecule has 0 radical (unpaired) electrons. The lowest BCUT2D eigenvalue weighted by Crippen LogP contribution is -2.50. The summed E-state index contributed by atoms with van der Waals surface area (Å²) in [5.74, 6) is -0.915.